The van der Waals surface area contributed by atoms with Crippen molar-refractivity contribution in [3.05, 3.63) is 40.9 Å². The number of aromatic nitrogens is 1. The number of rotatable bonds is 5. The Kier molecular flexibility index (Phi) is 4.88. The summed E-state index contributed by atoms with van der Waals surface area (Å²) in [5.74, 6) is -0.101. The van der Waals surface area contributed by atoms with Crippen molar-refractivity contribution in [1.82, 2.24) is 4.98 Å². The van der Waals surface area contributed by atoms with E-state index in [1.165, 1.54) is 43.4 Å². The summed E-state index contributed by atoms with van der Waals surface area (Å²) in [6.07, 6.45) is 8.43. The molecule has 1 heterocycles. The van der Waals surface area contributed by atoms with E-state index in [1.807, 2.05) is 30.3 Å². The van der Waals surface area contributed by atoms with E-state index in [9.17, 15) is 9.90 Å². The molecule has 0 spiro atoms. The highest BCUT2D eigenvalue weighted by Gasteiger charge is 2.20. The van der Waals surface area contributed by atoms with Gasteiger partial charge in [-0.05, 0) is 18.8 Å². The Morgan fingerprint density at radius 2 is 1.91 bits per heavy atom. The van der Waals surface area contributed by atoms with Gasteiger partial charge < -0.3 is 5.11 Å². The first-order valence-electron chi connectivity index (χ1n) is 8.02. The van der Waals surface area contributed by atoms with Crippen LogP contribution < -0.4 is 0 Å². The molecule has 4 heteroatoms. The largest absolute Gasteiger partial charge is 0.477 e. The monoisotopic (exact) mass is 315 g/mol. The topological polar surface area (TPSA) is 50.2 Å². The SMILES string of the molecule is O=C(O)c1sc(-c2ccccc2)nc1CCC1CCCCC1. The molecule has 116 valence electrons. The summed E-state index contributed by atoms with van der Waals surface area (Å²) in [6.45, 7) is 0. The summed E-state index contributed by atoms with van der Waals surface area (Å²) in [6, 6.07) is 9.84. The van der Waals surface area contributed by atoms with Crippen molar-refractivity contribution < 1.29 is 9.90 Å². The smallest absolute Gasteiger partial charge is 0.347 e. The predicted octanol–water partition coefficient (Wildman–Crippen LogP) is 5.02. The molecule has 0 saturated heterocycles. The van der Waals surface area contributed by atoms with Crippen LogP contribution in [0.25, 0.3) is 10.6 Å². The van der Waals surface area contributed by atoms with E-state index in [-0.39, 0.29) is 0 Å². The van der Waals surface area contributed by atoms with E-state index in [0.717, 1.165) is 35.0 Å². The second-order valence-corrected chi connectivity index (χ2v) is 7.01. The Balaban J connectivity index is 1.77. The minimum Gasteiger partial charge on any atom is -0.477 e. The second-order valence-electron chi connectivity index (χ2n) is 6.01. The van der Waals surface area contributed by atoms with Crippen molar-refractivity contribution in [3.63, 3.8) is 0 Å². The average Bonchev–Trinajstić information content (AvgIpc) is 2.99. The van der Waals surface area contributed by atoms with E-state index < -0.39 is 5.97 Å². The number of hydrogen-bond donors (Lipinski definition) is 1. The summed E-state index contributed by atoms with van der Waals surface area (Å²) in [4.78, 5) is 16.5. The van der Waals surface area contributed by atoms with Crippen molar-refractivity contribution in [2.24, 2.45) is 5.92 Å². The summed E-state index contributed by atoms with van der Waals surface area (Å²) in [7, 11) is 0. The van der Waals surface area contributed by atoms with E-state index in [4.69, 9.17) is 0 Å². The maximum absolute atomic E-state index is 11.5. The van der Waals surface area contributed by atoms with Crippen LogP contribution >= 0.6 is 11.3 Å². The van der Waals surface area contributed by atoms with Crippen LogP contribution in [0.3, 0.4) is 0 Å². The van der Waals surface area contributed by atoms with Gasteiger partial charge in [-0.1, -0.05) is 62.4 Å². The van der Waals surface area contributed by atoms with Crippen LogP contribution in [0.2, 0.25) is 0 Å². The first-order valence-corrected chi connectivity index (χ1v) is 8.84. The van der Waals surface area contributed by atoms with E-state index in [2.05, 4.69) is 4.98 Å². The number of aryl methyl sites for hydroxylation is 1. The number of nitrogens with zero attached hydrogens (tertiary/aromatic N) is 1. The Morgan fingerprint density at radius 1 is 1.18 bits per heavy atom. The van der Waals surface area contributed by atoms with Crippen LogP contribution in [0.1, 0.15) is 53.9 Å². The highest BCUT2D eigenvalue weighted by molar-refractivity contribution is 7.17. The number of benzene rings is 1. The molecule has 1 fully saturated rings. The van der Waals surface area contributed by atoms with E-state index in [0.29, 0.717) is 4.88 Å². The van der Waals surface area contributed by atoms with Crippen molar-refractivity contribution >= 4 is 17.3 Å². The molecule has 1 aromatic carbocycles. The van der Waals surface area contributed by atoms with Crippen LogP contribution in [0.15, 0.2) is 30.3 Å². The second kappa shape index (κ2) is 7.05. The Hall–Kier alpha value is -1.68. The number of hydrogen-bond acceptors (Lipinski definition) is 3. The average molecular weight is 315 g/mol. The third kappa shape index (κ3) is 3.55. The molecule has 0 atom stereocenters. The van der Waals surface area contributed by atoms with Gasteiger partial charge in [0, 0.05) is 5.56 Å². The minimum absolute atomic E-state index is 0.412. The van der Waals surface area contributed by atoms with Crippen molar-refractivity contribution in [2.45, 2.75) is 44.9 Å². The molecule has 1 aromatic heterocycles. The molecule has 0 aliphatic heterocycles. The van der Waals surface area contributed by atoms with Gasteiger partial charge in [0.15, 0.2) is 0 Å². The number of carboxylic acids is 1. The fourth-order valence-electron chi connectivity index (χ4n) is 3.21. The molecule has 3 rings (SSSR count). The van der Waals surface area contributed by atoms with Crippen LogP contribution in [0.4, 0.5) is 0 Å². The normalized spacial score (nSPS) is 15.8. The molecule has 1 saturated carbocycles. The van der Waals surface area contributed by atoms with Crippen LogP contribution in [-0.4, -0.2) is 16.1 Å². The first-order chi connectivity index (χ1) is 10.7. The Bertz CT molecular complexity index is 630. The van der Waals surface area contributed by atoms with Gasteiger partial charge in [0.1, 0.15) is 9.88 Å². The van der Waals surface area contributed by atoms with Gasteiger partial charge in [0.25, 0.3) is 0 Å². The molecular weight excluding hydrogens is 294 g/mol. The summed E-state index contributed by atoms with van der Waals surface area (Å²) >= 11 is 1.30. The molecule has 1 aliphatic rings. The summed E-state index contributed by atoms with van der Waals surface area (Å²) in [5.41, 5.74) is 1.76. The molecule has 22 heavy (non-hydrogen) atoms. The van der Waals surface area contributed by atoms with Crippen molar-refractivity contribution in [1.29, 1.82) is 0 Å². The summed E-state index contributed by atoms with van der Waals surface area (Å²) < 4.78 is 0. The van der Waals surface area contributed by atoms with Crippen LogP contribution in [0, 0.1) is 5.92 Å². The highest BCUT2D eigenvalue weighted by Crippen LogP contribution is 2.31. The van der Waals surface area contributed by atoms with Crippen LogP contribution in [0.5, 0.6) is 0 Å². The zero-order valence-electron chi connectivity index (χ0n) is 12.6. The minimum atomic E-state index is -0.849. The zero-order valence-corrected chi connectivity index (χ0v) is 13.4. The fourth-order valence-corrected chi connectivity index (χ4v) is 4.17. The van der Waals surface area contributed by atoms with Gasteiger partial charge in [0.2, 0.25) is 0 Å². The van der Waals surface area contributed by atoms with E-state index >= 15 is 0 Å². The molecule has 0 radical (unpaired) electrons. The highest BCUT2D eigenvalue weighted by atomic mass is 32.1. The molecule has 0 unspecified atom stereocenters. The summed E-state index contributed by atoms with van der Waals surface area (Å²) in [5, 5.41) is 10.2. The van der Waals surface area contributed by atoms with E-state index in [1.54, 1.807) is 0 Å². The maximum atomic E-state index is 11.5. The molecule has 0 bridgehead atoms. The molecule has 1 N–H and O–H groups in total. The Morgan fingerprint density at radius 3 is 2.59 bits per heavy atom. The third-order valence-electron chi connectivity index (χ3n) is 4.43. The van der Waals surface area contributed by atoms with Crippen LogP contribution in [-0.2, 0) is 6.42 Å². The van der Waals surface area contributed by atoms with Gasteiger partial charge in [-0.25, -0.2) is 9.78 Å². The lowest BCUT2D eigenvalue weighted by Crippen LogP contribution is -2.08. The lowest BCUT2D eigenvalue weighted by atomic mass is 9.86. The predicted molar refractivity (Wildman–Crippen MR) is 89.4 cm³/mol. The standard InChI is InChI=1S/C18H21NO2S/c20-18(21)16-15(12-11-13-7-3-1-4-8-13)19-17(22-16)14-9-5-2-6-10-14/h2,5-6,9-10,13H,1,3-4,7-8,11-12H2,(H,20,21). The number of carboxylic acid groups (broad SMARTS) is 1. The maximum Gasteiger partial charge on any atom is 0.347 e. The van der Waals surface area contributed by atoms with Gasteiger partial charge in [-0.3, -0.25) is 0 Å². The third-order valence-corrected chi connectivity index (χ3v) is 5.56. The first kappa shape index (κ1) is 15.2. The number of carbonyl (C=O) groups is 1. The van der Waals surface area contributed by atoms with Crippen molar-refractivity contribution in [2.75, 3.05) is 0 Å². The molecule has 1 aliphatic carbocycles. The molecule has 0 amide bonds. The quantitative estimate of drug-likeness (QED) is 0.842. The van der Waals surface area contributed by atoms with Gasteiger partial charge in [-0.2, -0.15) is 0 Å². The Labute approximate surface area is 135 Å². The molecule has 3 nitrogen and oxygen atoms in total. The van der Waals surface area contributed by atoms with Crippen molar-refractivity contribution in [3.8, 4) is 10.6 Å². The molecule has 2 aromatic rings. The lowest BCUT2D eigenvalue weighted by molar-refractivity contribution is 0.0700. The van der Waals surface area contributed by atoms with Gasteiger partial charge in [0.05, 0.1) is 5.69 Å². The number of thiazole rings is 1. The van der Waals surface area contributed by atoms with Gasteiger partial charge >= 0.3 is 5.97 Å². The number of aromatic carboxylic acids is 1. The molecular formula is C18H21NO2S. The lowest BCUT2D eigenvalue weighted by Gasteiger charge is -2.20. The zero-order chi connectivity index (χ0) is 15.4. The van der Waals surface area contributed by atoms with Gasteiger partial charge in [-0.15, -0.1) is 11.3 Å². The fraction of sp³-hybridized carbons (Fsp3) is 0.444.